The van der Waals surface area contributed by atoms with Crippen LogP contribution in [0.25, 0.3) is 0 Å². The standard InChI is InChI=1S/C25H38N4O7S/c1-34-22-15-18-5-8-23(30)27-17-21-7-6-20(29(21)37(32,33)28-10-12-36-13-11-28)16-24(31)26-9-3-4-19(14-18)25(22)35-2/h14-15,20-21H,3-13,16-17H2,1-2H3,(H,26,31)(H,27,30)/t20-,21+/m0/s1. The summed E-state index contributed by atoms with van der Waals surface area (Å²) in [5.74, 6) is 0.935. The molecule has 1 aromatic carbocycles. The van der Waals surface area contributed by atoms with Crippen molar-refractivity contribution in [3.63, 3.8) is 0 Å². The number of fused-ring (bicyclic) bond motifs is 4. The number of carbonyl (C=O) groups excluding carboxylic acids is 2. The van der Waals surface area contributed by atoms with E-state index in [-0.39, 0.29) is 44.3 Å². The van der Waals surface area contributed by atoms with Gasteiger partial charge in [-0.25, -0.2) is 0 Å². The van der Waals surface area contributed by atoms with Gasteiger partial charge in [0.05, 0.1) is 27.4 Å². The zero-order valence-electron chi connectivity index (χ0n) is 21.7. The summed E-state index contributed by atoms with van der Waals surface area (Å²) in [5, 5.41) is 5.89. The molecule has 4 bridgehead atoms. The van der Waals surface area contributed by atoms with Crippen molar-refractivity contribution in [2.45, 2.75) is 57.0 Å². The molecular weight excluding hydrogens is 500 g/mol. The second-order valence-corrected chi connectivity index (χ2v) is 11.5. The molecule has 3 aliphatic heterocycles. The Labute approximate surface area is 219 Å². The monoisotopic (exact) mass is 538 g/mol. The molecule has 0 radical (unpaired) electrons. The Bertz CT molecular complexity index is 1080. The van der Waals surface area contributed by atoms with Gasteiger partial charge in [-0.1, -0.05) is 6.07 Å². The van der Waals surface area contributed by atoms with Crippen LogP contribution in [0.5, 0.6) is 11.5 Å². The fourth-order valence-corrected chi connectivity index (χ4v) is 7.41. The van der Waals surface area contributed by atoms with Crippen molar-refractivity contribution < 1.29 is 32.2 Å². The highest BCUT2D eigenvalue weighted by molar-refractivity contribution is 7.86. The minimum absolute atomic E-state index is 0.0840. The molecule has 1 aromatic rings. The van der Waals surface area contributed by atoms with Crippen LogP contribution >= 0.6 is 0 Å². The SMILES string of the molecule is COc1cc2cc(c1OC)CCCNC(=O)C[C@@H]1CC[C@H](CNC(=O)CC2)N1S(=O)(=O)N1CCOCC1. The normalized spacial score (nSPS) is 25.1. The molecule has 0 spiro atoms. The van der Waals surface area contributed by atoms with Gasteiger partial charge in [-0.3, -0.25) is 9.59 Å². The maximum atomic E-state index is 13.6. The Hall–Kier alpha value is -2.41. The van der Waals surface area contributed by atoms with Gasteiger partial charge in [0.25, 0.3) is 10.2 Å². The lowest BCUT2D eigenvalue weighted by molar-refractivity contribution is -0.122. The van der Waals surface area contributed by atoms with E-state index < -0.39 is 22.3 Å². The molecule has 206 valence electrons. The van der Waals surface area contributed by atoms with Gasteiger partial charge in [-0.2, -0.15) is 17.0 Å². The summed E-state index contributed by atoms with van der Waals surface area (Å²) >= 11 is 0. The summed E-state index contributed by atoms with van der Waals surface area (Å²) in [5.41, 5.74) is 1.91. The van der Waals surface area contributed by atoms with E-state index in [1.54, 1.807) is 14.2 Å². The second kappa shape index (κ2) is 12.4. The van der Waals surface area contributed by atoms with E-state index in [9.17, 15) is 18.0 Å². The van der Waals surface area contributed by atoms with Crippen LogP contribution in [0, 0.1) is 0 Å². The van der Waals surface area contributed by atoms with Crippen LogP contribution < -0.4 is 20.1 Å². The van der Waals surface area contributed by atoms with Crippen LogP contribution in [0.2, 0.25) is 0 Å². The molecule has 0 aliphatic carbocycles. The fraction of sp³-hybridized carbons (Fsp3) is 0.680. The van der Waals surface area contributed by atoms with Crippen molar-refractivity contribution in [3.8, 4) is 11.5 Å². The molecule has 2 fully saturated rings. The first kappa shape index (κ1) is 27.6. The van der Waals surface area contributed by atoms with Gasteiger partial charge < -0.3 is 24.8 Å². The number of methoxy groups -OCH3 is 2. The highest BCUT2D eigenvalue weighted by atomic mass is 32.2. The predicted molar refractivity (Wildman–Crippen MR) is 137 cm³/mol. The Morgan fingerprint density at radius 3 is 2.43 bits per heavy atom. The summed E-state index contributed by atoms with van der Waals surface area (Å²) in [6.45, 7) is 1.91. The first-order valence-corrected chi connectivity index (χ1v) is 14.4. The maximum Gasteiger partial charge on any atom is 0.282 e. The Morgan fingerprint density at radius 1 is 0.946 bits per heavy atom. The first-order chi connectivity index (χ1) is 17.8. The molecule has 11 nitrogen and oxygen atoms in total. The average Bonchev–Trinajstić information content (AvgIpc) is 3.31. The summed E-state index contributed by atoms with van der Waals surface area (Å²) in [7, 11) is -0.633. The fourth-order valence-electron chi connectivity index (χ4n) is 5.42. The number of hydrogen-bond donors (Lipinski definition) is 2. The maximum absolute atomic E-state index is 13.6. The van der Waals surface area contributed by atoms with Gasteiger partial charge in [0.1, 0.15) is 0 Å². The minimum atomic E-state index is -3.81. The zero-order valence-corrected chi connectivity index (χ0v) is 22.5. The Kier molecular flexibility index (Phi) is 9.27. The molecule has 37 heavy (non-hydrogen) atoms. The van der Waals surface area contributed by atoms with E-state index in [0.29, 0.717) is 63.4 Å². The predicted octanol–water partition coefficient (Wildman–Crippen LogP) is 0.615. The number of ether oxygens (including phenoxy) is 3. The zero-order chi connectivity index (χ0) is 26.4. The molecule has 4 rings (SSSR count). The topological polar surface area (TPSA) is 127 Å². The molecule has 2 saturated heterocycles. The van der Waals surface area contributed by atoms with Gasteiger partial charge in [0.15, 0.2) is 11.5 Å². The average molecular weight is 539 g/mol. The number of nitrogens with zero attached hydrogens (tertiary/aromatic N) is 2. The van der Waals surface area contributed by atoms with E-state index in [1.807, 2.05) is 12.1 Å². The number of carbonyl (C=O) groups is 2. The van der Waals surface area contributed by atoms with Crippen molar-refractivity contribution in [1.82, 2.24) is 19.2 Å². The van der Waals surface area contributed by atoms with Crippen LogP contribution in [0.1, 0.15) is 43.2 Å². The first-order valence-electron chi connectivity index (χ1n) is 13.0. The molecule has 3 aliphatic rings. The molecule has 12 heteroatoms. The van der Waals surface area contributed by atoms with E-state index in [1.165, 1.54) is 8.61 Å². The molecule has 0 saturated carbocycles. The lowest BCUT2D eigenvalue weighted by Gasteiger charge is -2.36. The van der Waals surface area contributed by atoms with Crippen LogP contribution in [0.3, 0.4) is 0 Å². The minimum Gasteiger partial charge on any atom is -0.493 e. The van der Waals surface area contributed by atoms with Crippen molar-refractivity contribution in [2.24, 2.45) is 0 Å². The number of amides is 2. The highest BCUT2D eigenvalue weighted by Crippen LogP contribution is 2.34. The van der Waals surface area contributed by atoms with E-state index in [0.717, 1.165) is 11.1 Å². The molecule has 3 heterocycles. The third-order valence-electron chi connectivity index (χ3n) is 7.27. The summed E-state index contributed by atoms with van der Waals surface area (Å²) < 4.78 is 46.6. The van der Waals surface area contributed by atoms with Crippen LogP contribution in [-0.2, 0) is 37.4 Å². The lowest BCUT2D eigenvalue weighted by Crippen LogP contribution is -2.55. The van der Waals surface area contributed by atoms with Crippen LogP contribution in [0.4, 0.5) is 0 Å². The van der Waals surface area contributed by atoms with E-state index >= 15 is 0 Å². The summed E-state index contributed by atoms with van der Waals surface area (Å²) in [6, 6.07) is 3.04. The molecule has 2 atom stereocenters. The number of aryl methyl sites for hydroxylation is 2. The highest BCUT2D eigenvalue weighted by Gasteiger charge is 2.45. The van der Waals surface area contributed by atoms with Gasteiger partial charge in [0, 0.05) is 51.1 Å². The largest absolute Gasteiger partial charge is 0.493 e. The Morgan fingerprint density at radius 2 is 1.70 bits per heavy atom. The molecular formula is C25H38N4O7S. The number of nitrogens with one attached hydrogen (secondary N) is 2. The molecule has 2 amide bonds. The summed E-state index contributed by atoms with van der Waals surface area (Å²) in [6.07, 6.45) is 3.35. The van der Waals surface area contributed by atoms with Gasteiger partial charge in [-0.05, 0) is 49.3 Å². The van der Waals surface area contributed by atoms with Crippen LogP contribution in [-0.4, -0.2) is 94.5 Å². The van der Waals surface area contributed by atoms with Crippen molar-refractivity contribution in [2.75, 3.05) is 53.6 Å². The molecule has 0 unspecified atom stereocenters. The van der Waals surface area contributed by atoms with Gasteiger partial charge in [0.2, 0.25) is 11.8 Å². The third kappa shape index (κ3) is 6.54. The van der Waals surface area contributed by atoms with Crippen molar-refractivity contribution in [1.29, 1.82) is 0 Å². The van der Waals surface area contributed by atoms with Crippen molar-refractivity contribution >= 4 is 22.0 Å². The smallest absolute Gasteiger partial charge is 0.282 e. The number of hydrogen-bond acceptors (Lipinski definition) is 7. The molecule has 2 N–H and O–H groups in total. The van der Waals surface area contributed by atoms with E-state index in [2.05, 4.69) is 10.6 Å². The number of morpholine rings is 1. The van der Waals surface area contributed by atoms with Gasteiger partial charge in [-0.15, -0.1) is 0 Å². The second-order valence-electron chi connectivity index (χ2n) is 9.69. The summed E-state index contributed by atoms with van der Waals surface area (Å²) in [4.78, 5) is 25.6. The van der Waals surface area contributed by atoms with Crippen molar-refractivity contribution in [3.05, 3.63) is 23.3 Å². The quantitative estimate of drug-likeness (QED) is 0.575. The lowest BCUT2D eigenvalue weighted by atomic mass is 10.0. The Balaban J connectivity index is 1.55. The van der Waals surface area contributed by atoms with Gasteiger partial charge >= 0.3 is 0 Å². The van der Waals surface area contributed by atoms with Crippen LogP contribution in [0.15, 0.2) is 12.1 Å². The number of benzene rings is 1. The number of rotatable bonds is 4. The molecule has 0 aromatic heterocycles. The third-order valence-corrected chi connectivity index (χ3v) is 9.42. The van der Waals surface area contributed by atoms with E-state index in [4.69, 9.17) is 14.2 Å².